The molecule has 1 amide bonds. The first-order valence-corrected chi connectivity index (χ1v) is 6.58. The highest BCUT2D eigenvalue weighted by Crippen LogP contribution is 2.24. The summed E-state index contributed by atoms with van der Waals surface area (Å²) < 4.78 is 0. The summed E-state index contributed by atoms with van der Waals surface area (Å²) in [6.45, 7) is 0.493. The first-order valence-electron chi connectivity index (χ1n) is 5.19. The molecule has 0 saturated heterocycles. The molecule has 0 heterocycles. The first-order chi connectivity index (χ1) is 8.47. The number of aromatic hydroxyl groups is 1. The number of rotatable bonds is 5. The maximum absolute atomic E-state index is 12.0. The number of thioether (sulfide) groups is 1. The summed E-state index contributed by atoms with van der Waals surface area (Å²) in [6, 6.07) is 3.44. The zero-order chi connectivity index (χ0) is 13.7. The number of benzene rings is 1. The molecule has 0 bridgehead atoms. The van der Waals surface area contributed by atoms with Crippen LogP contribution in [0.4, 0.5) is 5.69 Å². The third-order valence-electron chi connectivity index (χ3n) is 2.38. The van der Waals surface area contributed by atoms with E-state index in [4.69, 9.17) is 0 Å². The molecule has 7 heteroatoms. The van der Waals surface area contributed by atoms with Crippen molar-refractivity contribution in [2.45, 2.75) is 0 Å². The number of phenolic OH excluding ortho intramolecular Hbond substituents is 1. The average molecular weight is 270 g/mol. The van der Waals surface area contributed by atoms with E-state index in [9.17, 15) is 20.0 Å². The van der Waals surface area contributed by atoms with Gasteiger partial charge in [0.2, 0.25) is 0 Å². The van der Waals surface area contributed by atoms with Crippen molar-refractivity contribution >= 4 is 23.4 Å². The first kappa shape index (κ1) is 14.3. The molecule has 1 aromatic carbocycles. The standard InChI is InChI=1S/C11H14N2O4S/c1-12(5-6-18-2)11(15)9-7-8(14)3-4-10(9)13(16)17/h3-4,7,14H,5-6H2,1-2H3. The number of carbonyl (C=O) groups excluding carboxylic acids is 1. The Balaban J connectivity index is 3.03. The van der Waals surface area contributed by atoms with Gasteiger partial charge in [0.25, 0.3) is 11.6 Å². The number of nitrogens with zero attached hydrogens (tertiary/aromatic N) is 2. The van der Waals surface area contributed by atoms with E-state index in [0.29, 0.717) is 6.54 Å². The van der Waals surface area contributed by atoms with Crippen LogP contribution in [0.1, 0.15) is 10.4 Å². The molecule has 1 rings (SSSR count). The Morgan fingerprint density at radius 1 is 1.56 bits per heavy atom. The van der Waals surface area contributed by atoms with E-state index in [1.807, 2.05) is 6.26 Å². The van der Waals surface area contributed by atoms with Gasteiger partial charge in [-0.1, -0.05) is 0 Å². The fourth-order valence-corrected chi connectivity index (χ4v) is 1.85. The lowest BCUT2D eigenvalue weighted by Crippen LogP contribution is -2.29. The molecule has 0 atom stereocenters. The van der Waals surface area contributed by atoms with Crippen LogP contribution in [0.2, 0.25) is 0 Å². The normalized spacial score (nSPS) is 10.1. The molecule has 1 aromatic rings. The summed E-state index contributed by atoms with van der Waals surface area (Å²) in [5.41, 5.74) is -0.391. The van der Waals surface area contributed by atoms with Crippen LogP contribution in [0.5, 0.6) is 5.75 Å². The number of hydrogen-bond acceptors (Lipinski definition) is 5. The summed E-state index contributed by atoms with van der Waals surface area (Å²) in [5, 5.41) is 20.2. The van der Waals surface area contributed by atoms with Crippen LogP contribution >= 0.6 is 11.8 Å². The lowest BCUT2D eigenvalue weighted by molar-refractivity contribution is -0.385. The monoisotopic (exact) mass is 270 g/mol. The van der Waals surface area contributed by atoms with Gasteiger partial charge in [0, 0.05) is 25.4 Å². The number of nitro groups is 1. The largest absolute Gasteiger partial charge is 0.508 e. The van der Waals surface area contributed by atoms with Gasteiger partial charge in [-0.2, -0.15) is 11.8 Å². The lowest BCUT2D eigenvalue weighted by atomic mass is 10.1. The van der Waals surface area contributed by atoms with Crippen molar-refractivity contribution in [3.05, 3.63) is 33.9 Å². The van der Waals surface area contributed by atoms with Crippen LogP contribution in [0.15, 0.2) is 18.2 Å². The molecular weight excluding hydrogens is 256 g/mol. The van der Waals surface area contributed by atoms with Gasteiger partial charge < -0.3 is 10.0 Å². The highest BCUT2D eigenvalue weighted by Gasteiger charge is 2.23. The van der Waals surface area contributed by atoms with Crippen LogP contribution < -0.4 is 0 Å². The second kappa shape index (κ2) is 6.25. The average Bonchev–Trinajstić information content (AvgIpc) is 2.34. The summed E-state index contributed by atoms with van der Waals surface area (Å²) >= 11 is 1.58. The molecule has 0 aliphatic rings. The minimum absolute atomic E-state index is 0.0939. The molecule has 0 fully saturated rings. The molecule has 0 unspecified atom stereocenters. The minimum Gasteiger partial charge on any atom is -0.508 e. The molecule has 18 heavy (non-hydrogen) atoms. The second-order valence-corrected chi connectivity index (χ2v) is 4.66. The fourth-order valence-electron chi connectivity index (χ4n) is 1.39. The Hall–Kier alpha value is -1.76. The molecule has 98 valence electrons. The predicted octanol–water partition coefficient (Wildman–Crippen LogP) is 1.74. The smallest absolute Gasteiger partial charge is 0.282 e. The topological polar surface area (TPSA) is 83.7 Å². The maximum Gasteiger partial charge on any atom is 0.282 e. The third-order valence-corrected chi connectivity index (χ3v) is 2.98. The van der Waals surface area contributed by atoms with Gasteiger partial charge in [0.1, 0.15) is 11.3 Å². The SMILES string of the molecule is CSCCN(C)C(=O)c1cc(O)ccc1[N+](=O)[O-]. The molecule has 0 radical (unpaired) electrons. The number of carbonyl (C=O) groups is 1. The maximum atomic E-state index is 12.0. The van der Waals surface area contributed by atoms with E-state index in [1.165, 1.54) is 11.0 Å². The Morgan fingerprint density at radius 2 is 2.22 bits per heavy atom. The molecule has 0 aliphatic heterocycles. The van der Waals surface area contributed by atoms with Crippen molar-refractivity contribution in [3.63, 3.8) is 0 Å². The molecular formula is C11H14N2O4S. The number of amides is 1. The zero-order valence-electron chi connectivity index (χ0n) is 10.1. The molecule has 0 spiro atoms. The van der Waals surface area contributed by atoms with E-state index in [0.717, 1.165) is 17.9 Å². The van der Waals surface area contributed by atoms with Crippen molar-refractivity contribution < 1.29 is 14.8 Å². The van der Waals surface area contributed by atoms with Crippen molar-refractivity contribution in [1.82, 2.24) is 4.90 Å². The van der Waals surface area contributed by atoms with Crippen LogP contribution in [0, 0.1) is 10.1 Å². The lowest BCUT2D eigenvalue weighted by Gasteiger charge is -2.16. The van der Waals surface area contributed by atoms with Crippen molar-refractivity contribution in [3.8, 4) is 5.75 Å². The van der Waals surface area contributed by atoms with Crippen LogP contribution in [0.3, 0.4) is 0 Å². The number of nitro benzene ring substituents is 1. The fraction of sp³-hybridized carbons (Fsp3) is 0.364. The van der Waals surface area contributed by atoms with Crippen LogP contribution in [-0.4, -0.2) is 46.4 Å². The van der Waals surface area contributed by atoms with E-state index >= 15 is 0 Å². The Morgan fingerprint density at radius 3 is 2.78 bits per heavy atom. The Kier molecular flexibility index (Phi) is 4.96. The van der Waals surface area contributed by atoms with E-state index < -0.39 is 10.8 Å². The van der Waals surface area contributed by atoms with E-state index in [1.54, 1.807) is 18.8 Å². The number of phenols is 1. The van der Waals surface area contributed by atoms with Crippen LogP contribution in [-0.2, 0) is 0 Å². The summed E-state index contributed by atoms with van der Waals surface area (Å²) in [4.78, 5) is 23.6. The molecule has 6 nitrogen and oxygen atoms in total. The van der Waals surface area contributed by atoms with Crippen molar-refractivity contribution in [1.29, 1.82) is 0 Å². The predicted molar refractivity (Wildman–Crippen MR) is 70.1 cm³/mol. The molecule has 0 aromatic heterocycles. The minimum atomic E-state index is -0.630. The quantitative estimate of drug-likeness (QED) is 0.650. The van der Waals surface area contributed by atoms with Crippen molar-refractivity contribution in [2.75, 3.05) is 25.6 Å². The van der Waals surface area contributed by atoms with Gasteiger partial charge in [0.15, 0.2) is 0 Å². The summed E-state index contributed by atoms with van der Waals surface area (Å²) in [6.07, 6.45) is 1.91. The van der Waals surface area contributed by atoms with Gasteiger partial charge in [-0.3, -0.25) is 14.9 Å². The van der Waals surface area contributed by atoms with Gasteiger partial charge in [-0.05, 0) is 18.4 Å². The second-order valence-electron chi connectivity index (χ2n) is 3.68. The van der Waals surface area contributed by atoms with E-state index in [-0.39, 0.29) is 17.0 Å². The molecule has 1 N–H and O–H groups in total. The van der Waals surface area contributed by atoms with Crippen LogP contribution in [0.25, 0.3) is 0 Å². The van der Waals surface area contributed by atoms with Gasteiger partial charge in [0.05, 0.1) is 4.92 Å². The van der Waals surface area contributed by atoms with Gasteiger partial charge >= 0.3 is 0 Å². The van der Waals surface area contributed by atoms with E-state index in [2.05, 4.69) is 0 Å². The zero-order valence-corrected chi connectivity index (χ0v) is 10.9. The number of hydrogen-bond donors (Lipinski definition) is 1. The van der Waals surface area contributed by atoms with Gasteiger partial charge in [-0.25, -0.2) is 0 Å². The third kappa shape index (κ3) is 3.36. The Labute approximate surface area is 109 Å². The highest BCUT2D eigenvalue weighted by atomic mass is 32.2. The molecule has 0 aliphatic carbocycles. The Bertz CT molecular complexity index is 464. The van der Waals surface area contributed by atoms with Crippen molar-refractivity contribution in [2.24, 2.45) is 0 Å². The summed E-state index contributed by atoms with van der Waals surface area (Å²) in [7, 11) is 1.58. The highest BCUT2D eigenvalue weighted by molar-refractivity contribution is 7.98. The molecule has 0 saturated carbocycles. The summed E-state index contributed by atoms with van der Waals surface area (Å²) in [5.74, 6) is 0.114. The van der Waals surface area contributed by atoms with Gasteiger partial charge in [-0.15, -0.1) is 0 Å².